The molecule has 0 spiro atoms. The fourth-order valence-electron chi connectivity index (χ4n) is 1.94. The maximum Gasteiger partial charge on any atom is 0.244 e. The Morgan fingerprint density at radius 1 is 1.26 bits per heavy atom. The molecule has 0 aliphatic heterocycles. The van der Waals surface area contributed by atoms with Crippen molar-refractivity contribution in [3.8, 4) is 0 Å². The van der Waals surface area contributed by atoms with Crippen LogP contribution in [-0.4, -0.2) is 30.4 Å². The number of anilines is 1. The minimum Gasteiger partial charge on any atom is -0.324 e. The number of hydrogen-bond donors (Lipinski definition) is 2. The summed E-state index contributed by atoms with van der Waals surface area (Å²) >= 11 is 0. The molecule has 0 aliphatic carbocycles. The third kappa shape index (κ3) is 4.04. The molecule has 1 aromatic carbocycles. The van der Waals surface area contributed by atoms with Crippen LogP contribution >= 0.6 is 0 Å². The van der Waals surface area contributed by atoms with Crippen molar-refractivity contribution in [2.45, 2.75) is 38.8 Å². The van der Waals surface area contributed by atoms with Gasteiger partial charge < -0.3 is 16.0 Å². The van der Waals surface area contributed by atoms with Gasteiger partial charge in [-0.3, -0.25) is 4.79 Å². The number of nitrogens with one attached hydrogen (secondary N) is 1. The first-order valence-corrected chi connectivity index (χ1v) is 6.76. The SMILES string of the molecule is CCC(N)(CC)C(=O)Nc1ccccc1CN(C)C. The van der Waals surface area contributed by atoms with Crippen LogP contribution in [0.3, 0.4) is 0 Å². The number of para-hydroxylation sites is 1. The van der Waals surface area contributed by atoms with Crippen LogP contribution in [0, 0.1) is 0 Å². The summed E-state index contributed by atoms with van der Waals surface area (Å²) in [4.78, 5) is 14.4. The summed E-state index contributed by atoms with van der Waals surface area (Å²) in [5.41, 5.74) is 7.27. The molecule has 0 saturated heterocycles. The maximum absolute atomic E-state index is 12.3. The van der Waals surface area contributed by atoms with Crippen molar-refractivity contribution < 1.29 is 4.79 Å². The highest BCUT2D eigenvalue weighted by Gasteiger charge is 2.30. The van der Waals surface area contributed by atoms with Crippen LogP contribution in [0.2, 0.25) is 0 Å². The molecular formula is C15H25N3O. The zero-order valence-electron chi connectivity index (χ0n) is 12.4. The van der Waals surface area contributed by atoms with E-state index in [-0.39, 0.29) is 5.91 Å². The van der Waals surface area contributed by atoms with E-state index >= 15 is 0 Å². The van der Waals surface area contributed by atoms with Gasteiger partial charge in [-0.25, -0.2) is 0 Å². The Morgan fingerprint density at radius 2 is 1.84 bits per heavy atom. The number of amides is 1. The van der Waals surface area contributed by atoms with E-state index in [2.05, 4.69) is 10.2 Å². The monoisotopic (exact) mass is 263 g/mol. The van der Waals surface area contributed by atoms with Crippen molar-refractivity contribution in [2.75, 3.05) is 19.4 Å². The van der Waals surface area contributed by atoms with Gasteiger partial charge in [-0.1, -0.05) is 32.0 Å². The van der Waals surface area contributed by atoms with Crippen molar-refractivity contribution in [1.82, 2.24) is 4.90 Å². The smallest absolute Gasteiger partial charge is 0.244 e. The molecule has 3 N–H and O–H groups in total. The van der Waals surface area contributed by atoms with Gasteiger partial charge >= 0.3 is 0 Å². The highest BCUT2D eigenvalue weighted by Crippen LogP contribution is 2.20. The van der Waals surface area contributed by atoms with Gasteiger partial charge in [0, 0.05) is 12.2 Å². The average Bonchev–Trinajstić information content (AvgIpc) is 2.39. The topological polar surface area (TPSA) is 58.4 Å². The molecule has 19 heavy (non-hydrogen) atoms. The first kappa shape index (κ1) is 15.7. The molecule has 1 aromatic rings. The Hall–Kier alpha value is -1.39. The second kappa shape index (κ2) is 6.68. The zero-order valence-corrected chi connectivity index (χ0v) is 12.4. The number of hydrogen-bond acceptors (Lipinski definition) is 3. The molecule has 0 fully saturated rings. The normalized spacial score (nSPS) is 11.7. The van der Waals surface area contributed by atoms with E-state index in [0.717, 1.165) is 17.8 Å². The van der Waals surface area contributed by atoms with Crippen LogP contribution in [0.25, 0.3) is 0 Å². The van der Waals surface area contributed by atoms with Gasteiger partial charge in [0.05, 0.1) is 5.54 Å². The molecule has 106 valence electrons. The highest BCUT2D eigenvalue weighted by atomic mass is 16.2. The summed E-state index contributed by atoms with van der Waals surface area (Å²) in [5.74, 6) is -0.108. The Kier molecular flexibility index (Phi) is 5.51. The van der Waals surface area contributed by atoms with Crippen LogP contribution in [0.5, 0.6) is 0 Å². The molecule has 0 saturated carbocycles. The Morgan fingerprint density at radius 3 is 2.37 bits per heavy atom. The van der Waals surface area contributed by atoms with E-state index in [1.165, 1.54) is 0 Å². The van der Waals surface area contributed by atoms with E-state index in [9.17, 15) is 4.79 Å². The largest absolute Gasteiger partial charge is 0.324 e. The third-order valence-corrected chi connectivity index (χ3v) is 3.47. The molecule has 0 aromatic heterocycles. The van der Waals surface area contributed by atoms with E-state index in [1.54, 1.807) is 0 Å². The van der Waals surface area contributed by atoms with Crippen molar-refractivity contribution >= 4 is 11.6 Å². The van der Waals surface area contributed by atoms with Gasteiger partial charge in [-0.15, -0.1) is 0 Å². The van der Waals surface area contributed by atoms with E-state index in [1.807, 2.05) is 52.2 Å². The average molecular weight is 263 g/mol. The summed E-state index contributed by atoms with van der Waals surface area (Å²) in [6.07, 6.45) is 1.26. The van der Waals surface area contributed by atoms with Crippen molar-refractivity contribution in [1.29, 1.82) is 0 Å². The van der Waals surface area contributed by atoms with Gasteiger partial charge in [-0.2, -0.15) is 0 Å². The quantitative estimate of drug-likeness (QED) is 0.827. The molecule has 0 bridgehead atoms. The highest BCUT2D eigenvalue weighted by molar-refractivity contribution is 5.98. The number of nitrogens with two attached hydrogens (primary N) is 1. The Balaban J connectivity index is 2.90. The maximum atomic E-state index is 12.3. The number of rotatable bonds is 6. The molecular weight excluding hydrogens is 238 g/mol. The second-order valence-electron chi connectivity index (χ2n) is 5.21. The fourth-order valence-corrected chi connectivity index (χ4v) is 1.94. The summed E-state index contributed by atoms with van der Waals surface area (Å²) in [6.45, 7) is 4.66. The summed E-state index contributed by atoms with van der Waals surface area (Å²) in [5, 5.41) is 2.97. The lowest BCUT2D eigenvalue weighted by molar-refractivity contribution is -0.121. The Bertz CT molecular complexity index is 425. The predicted octanol–water partition coefficient (Wildman–Crippen LogP) is 2.20. The second-order valence-corrected chi connectivity index (χ2v) is 5.21. The molecule has 0 heterocycles. The van der Waals surface area contributed by atoms with Crippen molar-refractivity contribution in [3.63, 3.8) is 0 Å². The number of carbonyl (C=O) groups is 1. The molecule has 0 atom stereocenters. The third-order valence-electron chi connectivity index (χ3n) is 3.47. The lowest BCUT2D eigenvalue weighted by atomic mass is 9.93. The van der Waals surface area contributed by atoms with Gasteiger partial charge in [0.15, 0.2) is 0 Å². The summed E-state index contributed by atoms with van der Waals surface area (Å²) in [7, 11) is 4.01. The molecule has 4 heteroatoms. The first-order chi connectivity index (χ1) is 8.92. The molecule has 0 radical (unpaired) electrons. The van der Waals surface area contributed by atoms with E-state index < -0.39 is 5.54 Å². The minimum absolute atomic E-state index is 0.108. The lowest BCUT2D eigenvalue weighted by Gasteiger charge is -2.26. The Labute approximate surface area is 116 Å². The predicted molar refractivity (Wildman–Crippen MR) is 80.0 cm³/mol. The number of carbonyl (C=O) groups excluding carboxylic acids is 1. The van der Waals surface area contributed by atoms with Gasteiger partial charge in [0.1, 0.15) is 0 Å². The molecule has 4 nitrogen and oxygen atoms in total. The van der Waals surface area contributed by atoms with Gasteiger partial charge in [0.25, 0.3) is 0 Å². The van der Waals surface area contributed by atoms with Crippen molar-refractivity contribution in [3.05, 3.63) is 29.8 Å². The van der Waals surface area contributed by atoms with Gasteiger partial charge in [0.2, 0.25) is 5.91 Å². The molecule has 0 unspecified atom stereocenters. The first-order valence-electron chi connectivity index (χ1n) is 6.76. The van der Waals surface area contributed by atoms with E-state index in [0.29, 0.717) is 12.8 Å². The molecule has 1 rings (SSSR count). The van der Waals surface area contributed by atoms with Gasteiger partial charge in [-0.05, 0) is 38.6 Å². The minimum atomic E-state index is -0.786. The van der Waals surface area contributed by atoms with Crippen LogP contribution in [0.15, 0.2) is 24.3 Å². The van der Waals surface area contributed by atoms with Crippen molar-refractivity contribution in [2.24, 2.45) is 5.73 Å². The van der Waals surface area contributed by atoms with E-state index in [4.69, 9.17) is 5.73 Å². The van der Waals surface area contributed by atoms with Crippen LogP contribution in [-0.2, 0) is 11.3 Å². The zero-order chi connectivity index (χ0) is 14.5. The fraction of sp³-hybridized carbons (Fsp3) is 0.533. The summed E-state index contributed by atoms with van der Waals surface area (Å²) in [6, 6.07) is 7.84. The van der Waals surface area contributed by atoms with Crippen LogP contribution < -0.4 is 11.1 Å². The standard InChI is InChI=1S/C15H25N3O/c1-5-15(16,6-2)14(19)17-13-10-8-7-9-12(13)11-18(3)4/h7-10H,5-6,11,16H2,1-4H3,(H,17,19). The van der Waals surface area contributed by atoms with Crippen LogP contribution in [0.4, 0.5) is 5.69 Å². The summed E-state index contributed by atoms with van der Waals surface area (Å²) < 4.78 is 0. The lowest BCUT2D eigenvalue weighted by Crippen LogP contribution is -2.50. The molecule has 0 aliphatic rings. The molecule has 1 amide bonds. The number of benzene rings is 1. The van der Waals surface area contributed by atoms with Crippen LogP contribution in [0.1, 0.15) is 32.3 Å². The number of nitrogens with zero attached hydrogens (tertiary/aromatic N) is 1.